The van der Waals surface area contributed by atoms with Crippen LogP contribution in [0.1, 0.15) is 0 Å². The van der Waals surface area contributed by atoms with Gasteiger partial charge in [0.25, 0.3) is 0 Å². The molecule has 0 saturated carbocycles. The fourth-order valence-electron chi connectivity index (χ4n) is 2.44. The summed E-state index contributed by atoms with van der Waals surface area (Å²) in [4.78, 5) is 0. The molecule has 3 rings (SSSR count). The molecule has 0 saturated heterocycles. The van der Waals surface area contributed by atoms with E-state index in [1.807, 2.05) is 0 Å². The lowest BCUT2D eigenvalue weighted by Crippen LogP contribution is -2.34. The first kappa shape index (κ1) is 10.6. The van der Waals surface area contributed by atoms with Crippen LogP contribution in [-0.4, -0.2) is 6.71 Å². The smallest absolute Gasteiger partial charge is 0.0774 e. The molecule has 0 amide bonds. The number of benzene rings is 2. The standard InChI is InChI=1S/C13H9BBr2/c1-14-12-6-8(15)2-4-10(12)11-5-3-9(16)7-13(11)14/h2-7H,1H3. The monoisotopic (exact) mass is 334 g/mol. The molecule has 1 aliphatic heterocycles. The zero-order chi connectivity index (χ0) is 11.3. The van der Waals surface area contributed by atoms with Gasteiger partial charge >= 0.3 is 0 Å². The van der Waals surface area contributed by atoms with Gasteiger partial charge in [0.1, 0.15) is 0 Å². The molecule has 78 valence electrons. The highest BCUT2D eigenvalue weighted by Crippen LogP contribution is 2.26. The van der Waals surface area contributed by atoms with Gasteiger partial charge in [0.2, 0.25) is 6.71 Å². The fourth-order valence-corrected chi connectivity index (χ4v) is 3.20. The minimum absolute atomic E-state index is 0.486. The molecule has 16 heavy (non-hydrogen) atoms. The third-order valence-electron chi connectivity index (χ3n) is 3.25. The highest BCUT2D eigenvalue weighted by Gasteiger charge is 2.27. The zero-order valence-electron chi connectivity index (χ0n) is 8.80. The SMILES string of the molecule is CB1c2cc(Br)ccc2-c2ccc(Br)cc21. The van der Waals surface area contributed by atoms with E-state index in [1.54, 1.807) is 0 Å². The zero-order valence-corrected chi connectivity index (χ0v) is 12.0. The molecule has 0 aliphatic carbocycles. The van der Waals surface area contributed by atoms with E-state index >= 15 is 0 Å². The van der Waals surface area contributed by atoms with Crippen molar-refractivity contribution in [2.24, 2.45) is 0 Å². The number of hydrogen-bond acceptors (Lipinski definition) is 0. The van der Waals surface area contributed by atoms with E-state index in [1.165, 1.54) is 22.1 Å². The van der Waals surface area contributed by atoms with Crippen LogP contribution in [0.4, 0.5) is 0 Å². The van der Waals surface area contributed by atoms with E-state index in [4.69, 9.17) is 0 Å². The summed E-state index contributed by atoms with van der Waals surface area (Å²) >= 11 is 7.08. The second-order valence-corrected chi connectivity index (χ2v) is 6.02. The average Bonchev–Trinajstić information content (AvgIpc) is 2.53. The van der Waals surface area contributed by atoms with Gasteiger partial charge in [-0.2, -0.15) is 0 Å². The summed E-state index contributed by atoms with van der Waals surface area (Å²) in [5.41, 5.74) is 5.58. The molecule has 0 atom stereocenters. The Morgan fingerprint density at radius 1 is 0.812 bits per heavy atom. The number of hydrogen-bond donors (Lipinski definition) is 0. The molecule has 0 radical (unpaired) electrons. The van der Waals surface area contributed by atoms with E-state index in [0.29, 0.717) is 6.71 Å². The van der Waals surface area contributed by atoms with E-state index in [-0.39, 0.29) is 0 Å². The third-order valence-corrected chi connectivity index (χ3v) is 4.24. The summed E-state index contributed by atoms with van der Waals surface area (Å²) in [6, 6.07) is 13.1. The minimum Gasteiger partial charge on any atom is -0.0774 e. The Morgan fingerprint density at radius 2 is 1.25 bits per heavy atom. The summed E-state index contributed by atoms with van der Waals surface area (Å²) < 4.78 is 2.31. The second-order valence-electron chi connectivity index (χ2n) is 4.18. The van der Waals surface area contributed by atoms with Crippen molar-refractivity contribution in [3.8, 4) is 11.1 Å². The van der Waals surface area contributed by atoms with Crippen LogP contribution in [0.25, 0.3) is 11.1 Å². The lowest BCUT2D eigenvalue weighted by atomic mass is 9.45. The van der Waals surface area contributed by atoms with Gasteiger partial charge in [0.15, 0.2) is 0 Å². The molecule has 3 heteroatoms. The Morgan fingerprint density at radius 3 is 1.69 bits per heavy atom. The maximum Gasteiger partial charge on any atom is 0.207 e. The van der Waals surface area contributed by atoms with E-state index in [2.05, 4.69) is 75.1 Å². The summed E-state index contributed by atoms with van der Waals surface area (Å²) in [5, 5.41) is 0. The third kappa shape index (κ3) is 1.49. The predicted octanol–water partition coefficient (Wildman–Crippen LogP) is 3.43. The number of rotatable bonds is 0. The van der Waals surface area contributed by atoms with Gasteiger partial charge < -0.3 is 0 Å². The maximum atomic E-state index is 3.54. The molecule has 1 aliphatic rings. The van der Waals surface area contributed by atoms with Crippen LogP contribution >= 0.6 is 31.9 Å². The normalized spacial score (nSPS) is 12.6. The summed E-state index contributed by atoms with van der Waals surface area (Å²) in [6.07, 6.45) is 0. The van der Waals surface area contributed by atoms with Crippen LogP contribution in [0.2, 0.25) is 6.82 Å². The van der Waals surface area contributed by atoms with Crippen molar-refractivity contribution in [3.05, 3.63) is 45.3 Å². The van der Waals surface area contributed by atoms with Crippen molar-refractivity contribution in [3.63, 3.8) is 0 Å². The van der Waals surface area contributed by atoms with E-state index in [9.17, 15) is 0 Å². The van der Waals surface area contributed by atoms with Gasteiger partial charge in [-0.1, -0.05) is 73.9 Å². The van der Waals surface area contributed by atoms with Crippen LogP contribution in [0.15, 0.2) is 45.3 Å². The molecule has 0 bridgehead atoms. The van der Waals surface area contributed by atoms with Crippen LogP contribution < -0.4 is 10.9 Å². The topological polar surface area (TPSA) is 0 Å². The van der Waals surface area contributed by atoms with Gasteiger partial charge in [-0.15, -0.1) is 0 Å². The Bertz CT molecular complexity index is 527. The highest BCUT2D eigenvalue weighted by atomic mass is 79.9. The minimum atomic E-state index is 0.486. The largest absolute Gasteiger partial charge is 0.207 e. The van der Waals surface area contributed by atoms with Gasteiger partial charge in [-0.3, -0.25) is 0 Å². The second kappa shape index (κ2) is 3.74. The molecule has 0 fully saturated rings. The molecule has 1 heterocycles. The van der Waals surface area contributed by atoms with Crippen molar-refractivity contribution >= 4 is 49.5 Å². The van der Waals surface area contributed by atoms with Crippen molar-refractivity contribution in [1.29, 1.82) is 0 Å². The number of halogens is 2. The lowest BCUT2D eigenvalue weighted by Gasteiger charge is -2.02. The predicted molar refractivity (Wildman–Crippen MR) is 78.2 cm³/mol. The van der Waals surface area contributed by atoms with Crippen LogP contribution in [-0.2, 0) is 0 Å². The molecular weight excluding hydrogens is 327 g/mol. The molecule has 0 aromatic heterocycles. The molecular formula is C13H9BBr2. The van der Waals surface area contributed by atoms with Crippen LogP contribution in [0.5, 0.6) is 0 Å². The van der Waals surface area contributed by atoms with Crippen molar-refractivity contribution < 1.29 is 0 Å². The Hall–Kier alpha value is -0.535. The Kier molecular flexibility index (Phi) is 2.48. The first-order chi connectivity index (χ1) is 7.66. The molecule has 0 unspecified atom stereocenters. The molecule has 0 N–H and O–H groups in total. The molecule has 0 nitrogen and oxygen atoms in total. The maximum absolute atomic E-state index is 3.54. The van der Waals surface area contributed by atoms with Gasteiger partial charge in [0, 0.05) is 8.95 Å². The van der Waals surface area contributed by atoms with Gasteiger partial charge in [0.05, 0.1) is 0 Å². The van der Waals surface area contributed by atoms with Crippen molar-refractivity contribution in [2.45, 2.75) is 6.82 Å². The first-order valence-electron chi connectivity index (χ1n) is 5.26. The fraction of sp³-hybridized carbons (Fsp3) is 0.0769. The summed E-state index contributed by atoms with van der Waals surface area (Å²) in [5.74, 6) is 0. The van der Waals surface area contributed by atoms with E-state index in [0.717, 1.165) is 8.95 Å². The average molecular weight is 336 g/mol. The summed E-state index contributed by atoms with van der Waals surface area (Å²) in [6.45, 7) is 2.75. The van der Waals surface area contributed by atoms with Gasteiger partial charge in [-0.25, -0.2) is 0 Å². The van der Waals surface area contributed by atoms with Gasteiger partial charge in [-0.05, 0) is 23.3 Å². The number of fused-ring (bicyclic) bond motifs is 3. The van der Waals surface area contributed by atoms with Crippen LogP contribution in [0.3, 0.4) is 0 Å². The lowest BCUT2D eigenvalue weighted by molar-refractivity contribution is 1.65. The molecule has 2 aromatic carbocycles. The van der Waals surface area contributed by atoms with Crippen molar-refractivity contribution in [1.82, 2.24) is 0 Å². The first-order valence-corrected chi connectivity index (χ1v) is 6.84. The summed E-state index contributed by atoms with van der Waals surface area (Å²) in [7, 11) is 0. The van der Waals surface area contributed by atoms with Crippen molar-refractivity contribution in [2.75, 3.05) is 0 Å². The Balaban J connectivity index is 2.30. The molecule has 0 spiro atoms. The van der Waals surface area contributed by atoms with Crippen LogP contribution in [0, 0.1) is 0 Å². The molecule has 2 aromatic rings. The Labute approximate surface area is 112 Å². The quantitative estimate of drug-likeness (QED) is 0.647. The highest BCUT2D eigenvalue weighted by molar-refractivity contribution is 9.10. The van der Waals surface area contributed by atoms with E-state index < -0.39 is 0 Å².